The Kier molecular flexibility index (Phi) is 3.39. The number of anilines is 1. The fraction of sp³-hybridized carbons (Fsp3) is 0.125. The van der Waals surface area contributed by atoms with Crippen molar-refractivity contribution in [1.29, 1.82) is 0 Å². The van der Waals surface area contributed by atoms with Crippen molar-refractivity contribution in [2.45, 2.75) is 13.0 Å². The molecule has 2 aromatic heterocycles. The predicted molar refractivity (Wildman–Crippen MR) is 79.4 cm³/mol. The van der Waals surface area contributed by atoms with E-state index in [1.807, 2.05) is 13.0 Å². The average Bonchev–Trinajstić information content (AvgIpc) is 2.48. The number of benzene rings is 1. The second kappa shape index (κ2) is 5.36. The van der Waals surface area contributed by atoms with Crippen LogP contribution in [0.5, 0.6) is 5.75 Å². The number of halogens is 1. The standard InChI is InChI=1S/C16H14FN3O/c1-10(21-14-5-3-7-20-16(14)18)13-9-12(17)8-11-4-2-6-19-15(11)13/h2-10H,1H3,(H2,18,20)/t10-/m0/s1. The van der Waals surface area contributed by atoms with Gasteiger partial charge in [0.1, 0.15) is 11.9 Å². The zero-order valence-corrected chi connectivity index (χ0v) is 11.5. The SMILES string of the molecule is C[C@H](Oc1cccnc1N)c1cc(F)cc2cccnc12. The molecule has 0 aliphatic rings. The maximum atomic E-state index is 13.8. The summed E-state index contributed by atoms with van der Waals surface area (Å²) in [5, 5.41) is 0.738. The molecule has 1 aromatic carbocycles. The minimum atomic E-state index is -0.399. The van der Waals surface area contributed by atoms with E-state index < -0.39 is 6.10 Å². The highest BCUT2D eigenvalue weighted by atomic mass is 19.1. The lowest BCUT2D eigenvalue weighted by Crippen LogP contribution is -2.07. The first-order valence-corrected chi connectivity index (χ1v) is 6.56. The number of hydrogen-bond donors (Lipinski definition) is 1. The van der Waals surface area contributed by atoms with Gasteiger partial charge in [-0.25, -0.2) is 9.37 Å². The monoisotopic (exact) mass is 283 g/mol. The van der Waals surface area contributed by atoms with Crippen molar-refractivity contribution in [3.05, 3.63) is 60.2 Å². The number of aromatic nitrogens is 2. The normalized spacial score (nSPS) is 12.3. The summed E-state index contributed by atoms with van der Waals surface area (Å²) in [4.78, 5) is 8.28. The zero-order valence-electron chi connectivity index (χ0n) is 11.5. The van der Waals surface area contributed by atoms with Gasteiger partial charge in [-0.3, -0.25) is 4.98 Å². The van der Waals surface area contributed by atoms with Gasteiger partial charge in [0, 0.05) is 23.3 Å². The number of pyridine rings is 2. The maximum Gasteiger partial charge on any atom is 0.166 e. The van der Waals surface area contributed by atoms with Gasteiger partial charge in [-0.2, -0.15) is 0 Å². The van der Waals surface area contributed by atoms with Crippen LogP contribution in [0.4, 0.5) is 10.2 Å². The first-order chi connectivity index (χ1) is 10.1. The molecule has 0 fully saturated rings. The van der Waals surface area contributed by atoms with Gasteiger partial charge in [0.25, 0.3) is 0 Å². The summed E-state index contributed by atoms with van der Waals surface area (Å²) >= 11 is 0. The van der Waals surface area contributed by atoms with Crippen LogP contribution in [0.25, 0.3) is 10.9 Å². The number of nitrogens with two attached hydrogens (primary N) is 1. The Balaban J connectivity index is 2.02. The van der Waals surface area contributed by atoms with Crippen LogP contribution in [0.2, 0.25) is 0 Å². The van der Waals surface area contributed by atoms with Crippen molar-refractivity contribution in [3.8, 4) is 5.75 Å². The van der Waals surface area contributed by atoms with E-state index in [9.17, 15) is 4.39 Å². The first-order valence-electron chi connectivity index (χ1n) is 6.56. The van der Waals surface area contributed by atoms with Gasteiger partial charge in [-0.15, -0.1) is 0 Å². The molecule has 0 saturated heterocycles. The lowest BCUT2D eigenvalue weighted by Gasteiger charge is -2.17. The number of fused-ring (bicyclic) bond motifs is 1. The molecular formula is C16H14FN3O. The van der Waals surface area contributed by atoms with Crippen LogP contribution in [0, 0.1) is 5.82 Å². The van der Waals surface area contributed by atoms with Gasteiger partial charge in [0.15, 0.2) is 11.6 Å². The summed E-state index contributed by atoms with van der Waals surface area (Å²) in [6.07, 6.45) is 2.87. The van der Waals surface area contributed by atoms with Gasteiger partial charge in [0.05, 0.1) is 5.52 Å². The molecule has 0 bridgehead atoms. The zero-order chi connectivity index (χ0) is 14.8. The van der Waals surface area contributed by atoms with Gasteiger partial charge >= 0.3 is 0 Å². The molecule has 2 heterocycles. The van der Waals surface area contributed by atoms with E-state index in [4.69, 9.17) is 10.5 Å². The summed E-state index contributed by atoms with van der Waals surface area (Å²) in [7, 11) is 0. The van der Waals surface area contributed by atoms with Crippen LogP contribution in [-0.4, -0.2) is 9.97 Å². The summed E-state index contributed by atoms with van der Waals surface area (Å²) in [6, 6.07) is 9.95. The fourth-order valence-electron chi connectivity index (χ4n) is 2.25. The minimum absolute atomic E-state index is 0.304. The van der Waals surface area contributed by atoms with Crippen LogP contribution in [0.15, 0.2) is 48.8 Å². The molecule has 4 nitrogen and oxygen atoms in total. The average molecular weight is 283 g/mol. The molecule has 2 N–H and O–H groups in total. The molecule has 3 rings (SSSR count). The van der Waals surface area contributed by atoms with E-state index in [1.165, 1.54) is 12.1 Å². The first kappa shape index (κ1) is 13.3. The largest absolute Gasteiger partial charge is 0.482 e. The molecule has 0 unspecified atom stereocenters. The van der Waals surface area contributed by atoms with Crippen LogP contribution in [0.1, 0.15) is 18.6 Å². The van der Waals surface area contributed by atoms with Gasteiger partial charge in [-0.1, -0.05) is 6.07 Å². The van der Waals surface area contributed by atoms with E-state index in [0.29, 0.717) is 22.6 Å². The third-order valence-corrected chi connectivity index (χ3v) is 3.24. The molecule has 0 aliphatic heterocycles. The number of nitrogens with zero attached hydrogens (tertiary/aromatic N) is 2. The molecule has 3 aromatic rings. The second-order valence-electron chi connectivity index (χ2n) is 4.72. The molecule has 0 radical (unpaired) electrons. The van der Waals surface area contributed by atoms with Gasteiger partial charge in [0.2, 0.25) is 0 Å². The lowest BCUT2D eigenvalue weighted by atomic mass is 10.1. The highest BCUT2D eigenvalue weighted by Gasteiger charge is 2.15. The van der Waals surface area contributed by atoms with Crippen molar-refractivity contribution in [3.63, 3.8) is 0 Å². The smallest absolute Gasteiger partial charge is 0.166 e. The molecule has 21 heavy (non-hydrogen) atoms. The van der Waals surface area contributed by atoms with Crippen molar-refractivity contribution < 1.29 is 9.13 Å². The van der Waals surface area contributed by atoms with E-state index >= 15 is 0 Å². The van der Waals surface area contributed by atoms with Crippen LogP contribution < -0.4 is 10.5 Å². The van der Waals surface area contributed by atoms with E-state index in [0.717, 1.165) is 5.39 Å². The van der Waals surface area contributed by atoms with Crippen LogP contribution in [0.3, 0.4) is 0 Å². The number of hydrogen-bond acceptors (Lipinski definition) is 4. The fourth-order valence-corrected chi connectivity index (χ4v) is 2.25. The van der Waals surface area contributed by atoms with E-state index in [2.05, 4.69) is 9.97 Å². The van der Waals surface area contributed by atoms with E-state index in [-0.39, 0.29) is 5.82 Å². The van der Waals surface area contributed by atoms with Gasteiger partial charge in [-0.05, 0) is 37.3 Å². The maximum absolute atomic E-state index is 13.8. The Labute approximate surface area is 121 Å². The van der Waals surface area contributed by atoms with Crippen molar-refractivity contribution in [2.24, 2.45) is 0 Å². The summed E-state index contributed by atoms with van der Waals surface area (Å²) in [5.74, 6) is 0.455. The molecule has 106 valence electrons. The van der Waals surface area contributed by atoms with Crippen LogP contribution >= 0.6 is 0 Å². The highest BCUT2D eigenvalue weighted by molar-refractivity contribution is 5.82. The van der Waals surface area contributed by atoms with Crippen molar-refractivity contribution in [2.75, 3.05) is 5.73 Å². The molecule has 0 aliphatic carbocycles. The molecule has 5 heteroatoms. The van der Waals surface area contributed by atoms with E-state index in [1.54, 1.807) is 30.6 Å². The Morgan fingerprint density at radius 2 is 1.90 bits per heavy atom. The van der Waals surface area contributed by atoms with Gasteiger partial charge < -0.3 is 10.5 Å². The summed E-state index contributed by atoms with van der Waals surface area (Å²) in [5.41, 5.74) is 7.16. The highest BCUT2D eigenvalue weighted by Crippen LogP contribution is 2.29. The Bertz CT molecular complexity index is 791. The summed E-state index contributed by atoms with van der Waals surface area (Å²) in [6.45, 7) is 1.83. The molecule has 0 amide bonds. The molecule has 0 spiro atoms. The Hall–Kier alpha value is -2.69. The second-order valence-corrected chi connectivity index (χ2v) is 4.72. The molecule has 1 atom stereocenters. The summed E-state index contributed by atoms with van der Waals surface area (Å²) < 4.78 is 19.6. The molecule has 0 saturated carbocycles. The predicted octanol–water partition coefficient (Wildman–Crippen LogP) is 3.49. The minimum Gasteiger partial charge on any atom is -0.482 e. The third-order valence-electron chi connectivity index (χ3n) is 3.24. The van der Waals surface area contributed by atoms with Crippen molar-refractivity contribution >= 4 is 16.7 Å². The lowest BCUT2D eigenvalue weighted by molar-refractivity contribution is 0.228. The Morgan fingerprint density at radius 1 is 1.14 bits per heavy atom. The number of ether oxygens (including phenoxy) is 1. The quantitative estimate of drug-likeness (QED) is 0.799. The van der Waals surface area contributed by atoms with Crippen molar-refractivity contribution in [1.82, 2.24) is 9.97 Å². The topological polar surface area (TPSA) is 61.0 Å². The molecular weight excluding hydrogens is 269 g/mol. The Morgan fingerprint density at radius 3 is 2.71 bits per heavy atom. The van der Waals surface area contributed by atoms with Crippen LogP contribution in [-0.2, 0) is 0 Å². The number of rotatable bonds is 3. The third kappa shape index (κ3) is 2.63. The number of nitrogen functional groups attached to an aromatic ring is 1.